The van der Waals surface area contributed by atoms with Gasteiger partial charge in [0.2, 0.25) is 0 Å². The lowest BCUT2D eigenvalue weighted by molar-refractivity contribution is -0.146. The zero-order valence-electron chi connectivity index (χ0n) is 29.0. The Labute approximate surface area is 313 Å². The number of nitrogens with zero attached hydrogens (tertiary/aromatic N) is 4. The molecule has 3 aromatic carbocycles. The lowest BCUT2D eigenvalue weighted by Gasteiger charge is -2.40. The fourth-order valence-corrected chi connectivity index (χ4v) is 6.86. The third kappa shape index (κ3) is 10.2. The first-order chi connectivity index (χ1) is 26.1. The lowest BCUT2D eigenvalue weighted by atomic mass is 9.89. The summed E-state index contributed by atoms with van der Waals surface area (Å²) in [7, 11) is 0. The predicted octanol–water partition coefficient (Wildman–Crippen LogP) is 7.29. The maximum absolute atomic E-state index is 15.9. The van der Waals surface area contributed by atoms with Crippen molar-refractivity contribution in [3.8, 4) is 6.07 Å². The second-order valence-electron chi connectivity index (χ2n) is 11.8. The van der Waals surface area contributed by atoms with Crippen LogP contribution in [0.15, 0.2) is 104 Å². The monoisotopic (exact) mass is 760 g/mol. The Hall–Kier alpha value is -5.69. The van der Waals surface area contributed by atoms with Gasteiger partial charge < -0.3 is 23.7 Å². The highest BCUT2D eigenvalue weighted by Gasteiger charge is 2.47. The van der Waals surface area contributed by atoms with Gasteiger partial charge in [-0.2, -0.15) is 10.4 Å². The summed E-state index contributed by atoms with van der Waals surface area (Å²) >= 11 is 1.31. The fraction of sp³-hybridized carbons (Fsp3) is 0.256. The van der Waals surface area contributed by atoms with Gasteiger partial charge in [0.1, 0.15) is 43.3 Å². The molecule has 1 saturated heterocycles. The first kappa shape index (κ1) is 39.5. The number of carbonyl (C=O) groups is 2. The lowest BCUT2D eigenvalue weighted by Crippen LogP contribution is -2.47. The predicted molar refractivity (Wildman–Crippen MR) is 192 cm³/mol. The van der Waals surface area contributed by atoms with Crippen LogP contribution in [0.4, 0.5) is 18.0 Å². The number of benzene rings is 3. The number of ether oxygens (including phenoxy) is 5. The third-order valence-electron chi connectivity index (χ3n) is 8.16. The van der Waals surface area contributed by atoms with E-state index >= 15 is 4.39 Å². The van der Waals surface area contributed by atoms with E-state index in [9.17, 15) is 18.4 Å². The molecule has 1 fully saturated rings. The van der Waals surface area contributed by atoms with E-state index in [1.165, 1.54) is 59.4 Å². The molecule has 54 heavy (non-hydrogen) atoms. The number of rotatable bonds is 15. The molecule has 2 heterocycles. The zero-order chi connectivity index (χ0) is 38.5. The average molecular weight is 761 g/mol. The van der Waals surface area contributed by atoms with Crippen molar-refractivity contribution in [3.63, 3.8) is 0 Å². The molecule has 11 nitrogen and oxygen atoms in total. The maximum atomic E-state index is 15.9. The Bertz CT molecular complexity index is 2030. The molecule has 0 spiro atoms. The second kappa shape index (κ2) is 18.9. The van der Waals surface area contributed by atoms with Crippen molar-refractivity contribution in [2.45, 2.75) is 42.5 Å². The Morgan fingerprint density at radius 2 is 1.89 bits per heavy atom. The van der Waals surface area contributed by atoms with Gasteiger partial charge in [0, 0.05) is 28.0 Å². The molecule has 0 unspecified atom stereocenters. The van der Waals surface area contributed by atoms with Crippen molar-refractivity contribution < 1.29 is 46.4 Å². The van der Waals surface area contributed by atoms with Gasteiger partial charge in [-0.3, -0.25) is 0 Å². The molecular weight excluding hydrogens is 726 g/mol. The van der Waals surface area contributed by atoms with Crippen LogP contribution in [0.25, 0.3) is 6.08 Å². The van der Waals surface area contributed by atoms with Crippen molar-refractivity contribution >= 4 is 30.0 Å². The van der Waals surface area contributed by atoms with Gasteiger partial charge in [0.15, 0.2) is 11.9 Å². The molecular formula is C39H35F3N4O7S. The summed E-state index contributed by atoms with van der Waals surface area (Å²) in [6.45, 7) is 4.99. The van der Waals surface area contributed by atoms with Gasteiger partial charge in [-0.25, -0.2) is 32.4 Å². The summed E-state index contributed by atoms with van der Waals surface area (Å²) < 4.78 is 73.9. The summed E-state index contributed by atoms with van der Waals surface area (Å²) in [4.78, 5) is 30.1. The second-order valence-corrected chi connectivity index (χ2v) is 13.5. The molecule has 0 aliphatic carbocycles. The summed E-state index contributed by atoms with van der Waals surface area (Å²) in [6, 6.07) is 15.3. The smallest absolute Gasteiger partial charge is 0.447 e. The summed E-state index contributed by atoms with van der Waals surface area (Å²) in [5.74, 6) is -3.18. The van der Waals surface area contributed by atoms with E-state index in [1.54, 1.807) is 49.4 Å². The van der Waals surface area contributed by atoms with Gasteiger partial charge in [0.25, 0.3) is 0 Å². The van der Waals surface area contributed by atoms with Crippen LogP contribution in [-0.2, 0) is 42.4 Å². The summed E-state index contributed by atoms with van der Waals surface area (Å²) in [6.07, 6.45) is 8.79. The molecule has 1 aliphatic heterocycles. The minimum Gasteiger partial charge on any atom is -0.447 e. The highest BCUT2D eigenvalue weighted by Crippen LogP contribution is 2.42. The average Bonchev–Trinajstić information content (AvgIpc) is 3.68. The van der Waals surface area contributed by atoms with Gasteiger partial charge in [-0.05, 0) is 43.3 Å². The van der Waals surface area contributed by atoms with Gasteiger partial charge in [-0.15, -0.1) is 11.8 Å². The quantitative estimate of drug-likeness (QED) is 0.0687. The molecule has 2 atom stereocenters. The van der Waals surface area contributed by atoms with Crippen LogP contribution in [0.2, 0.25) is 0 Å². The molecule has 0 bridgehead atoms. The molecule has 280 valence electrons. The van der Waals surface area contributed by atoms with E-state index in [0.717, 1.165) is 12.1 Å². The first-order valence-electron chi connectivity index (χ1n) is 16.5. The number of aromatic nitrogens is 3. The third-order valence-corrected chi connectivity index (χ3v) is 9.60. The van der Waals surface area contributed by atoms with Crippen molar-refractivity contribution in [2.24, 2.45) is 0 Å². The molecule has 5 rings (SSSR count). The number of nitriles is 1. The Kier molecular flexibility index (Phi) is 13.8. The van der Waals surface area contributed by atoms with Crippen molar-refractivity contribution in [1.82, 2.24) is 14.8 Å². The van der Waals surface area contributed by atoms with E-state index in [-0.39, 0.29) is 60.5 Å². The van der Waals surface area contributed by atoms with Crippen LogP contribution in [0, 0.1) is 28.8 Å². The molecule has 0 amide bonds. The number of allylic oxidation sites excluding steroid dienone is 2. The number of thioether (sulfide) groups is 1. The zero-order valence-corrected chi connectivity index (χ0v) is 29.8. The van der Waals surface area contributed by atoms with E-state index in [2.05, 4.69) is 16.7 Å². The van der Waals surface area contributed by atoms with Crippen molar-refractivity contribution in [3.05, 3.63) is 149 Å². The van der Waals surface area contributed by atoms with Crippen LogP contribution in [0.1, 0.15) is 39.5 Å². The molecule has 1 aliphatic rings. The van der Waals surface area contributed by atoms with Gasteiger partial charge in [-0.1, -0.05) is 55.1 Å². The van der Waals surface area contributed by atoms with Crippen LogP contribution >= 0.6 is 11.8 Å². The molecule has 0 N–H and O–H groups in total. The molecule has 4 aromatic rings. The number of hydrogen-bond acceptors (Lipinski definition) is 11. The number of esters is 1. The molecule has 15 heteroatoms. The SMILES string of the molecule is C=CCOC(=O)OCc1ccccc1C(=O)O[C@@](Cn1cncn1)(c1ccc(F)cc1F)[C@@H](C)S[C@H]1CO[C@H](C=CC=Cc2ccc(C#N)cc2F)OC1. The largest absolute Gasteiger partial charge is 0.508 e. The minimum atomic E-state index is -1.81. The maximum Gasteiger partial charge on any atom is 0.508 e. The molecule has 0 saturated carbocycles. The van der Waals surface area contributed by atoms with Gasteiger partial charge in [0.05, 0.1) is 42.2 Å². The van der Waals surface area contributed by atoms with Crippen LogP contribution in [-0.4, -0.2) is 63.5 Å². The summed E-state index contributed by atoms with van der Waals surface area (Å²) in [5.41, 5.74) is -1.07. The molecule has 1 aromatic heterocycles. The first-order valence-corrected chi connectivity index (χ1v) is 17.5. The Morgan fingerprint density at radius 3 is 2.59 bits per heavy atom. The standard InChI is InChI=1S/C39H35F3N4O7S/c1-3-16-49-38(48)52-20-29-9-4-6-10-32(29)37(47)53-39(23-46-25-44-24-45-46,33-15-14-30(40)18-35(33)42)26(2)54-31-21-50-36(51-22-31)11-7-5-8-28-13-12-27(19-43)17-34(28)41/h3-15,17-18,24-26,31,36H,1,16,20-23H2,2H3/t26-,31-,36-,39-/m1/s1. The Balaban J connectivity index is 1.36. The normalized spacial score (nSPS) is 17.4. The highest BCUT2D eigenvalue weighted by atomic mass is 32.2. The molecule has 0 radical (unpaired) electrons. The van der Waals surface area contributed by atoms with Crippen molar-refractivity contribution in [2.75, 3.05) is 19.8 Å². The number of hydrogen-bond donors (Lipinski definition) is 0. The van der Waals surface area contributed by atoms with E-state index in [1.807, 2.05) is 6.07 Å². The van der Waals surface area contributed by atoms with E-state index in [0.29, 0.717) is 11.6 Å². The van der Waals surface area contributed by atoms with Crippen molar-refractivity contribution in [1.29, 1.82) is 5.26 Å². The van der Waals surface area contributed by atoms with E-state index < -0.39 is 46.7 Å². The number of halogens is 3. The Morgan fingerprint density at radius 1 is 1.09 bits per heavy atom. The summed E-state index contributed by atoms with van der Waals surface area (Å²) in [5, 5.41) is 12.1. The fourth-order valence-electron chi connectivity index (χ4n) is 5.50. The highest BCUT2D eigenvalue weighted by molar-refractivity contribution is 8.00. The van der Waals surface area contributed by atoms with Gasteiger partial charge >= 0.3 is 12.1 Å². The number of carbonyl (C=O) groups excluding carboxylic acids is 2. The minimum absolute atomic E-state index is 0.0339. The van der Waals surface area contributed by atoms with E-state index in [4.69, 9.17) is 28.9 Å². The van der Waals surface area contributed by atoms with Crippen LogP contribution in [0.3, 0.4) is 0 Å². The van der Waals surface area contributed by atoms with Crippen LogP contribution in [0.5, 0.6) is 0 Å². The topological polar surface area (TPSA) is 135 Å². The van der Waals surface area contributed by atoms with Crippen LogP contribution < -0.4 is 0 Å².